The Kier molecular flexibility index (Phi) is 4.27. The van der Waals surface area contributed by atoms with Crippen molar-refractivity contribution >= 4 is 0 Å². The van der Waals surface area contributed by atoms with Crippen LogP contribution in [0.2, 0.25) is 0 Å². The number of hydrogen-bond donors (Lipinski definition) is 0. The Labute approximate surface area is 136 Å². The van der Waals surface area contributed by atoms with Crippen LogP contribution in [0, 0.1) is 11.8 Å². The maximum Gasteiger partial charge on any atom is 0.0446 e. The number of piperidine rings is 2. The topological polar surface area (TPSA) is 46.3 Å². The minimum Gasteiger partial charge on any atom is -0.144 e. The molecule has 4 heteroatoms. The van der Waals surface area contributed by atoms with Gasteiger partial charge in [0.25, 0.3) is 0 Å². The van der Waals surface area contributed by atoms with E-state index in [4.69, 9.17) is 0 Å². The van der Waals surface area contributed by atoms with Crippen LogP contribution in [-0.4, -0.2) is 32.3 Å². The lowest BCUT2D eigenvalue weighted by atomic mass is 9.63. The molecule has 0 N–H and O–H groups in total. The molecular formula is C18H34N2O2. The van der Waals surface area contributed by atoms with Crippen LogP contribution in [0.4, 0.5) is 0 Å². The van der Waals surface area contributed by atoms with Crippen molar-refractivity contribution in [2.24, 2.45) is 11.8 Å². The SMILES string of the molecule is CC1(C)CC(C2CC(C)(C)N([O])C(C)(C)C2)CC(C)(C)N1[O]. The van der Waals surface area contributed by atoms with Gasteiger partial charge in [0.05, 0.1) is 0 Å². The molecule has 4 nitrogen and oxygen atoms in total. The summed E-state index contributed by atoms with van der Waals surface area (Å²) >= 11 is 0. The fourth-order valence-corrected chi connectivity index (χ4v) is 5.35. The Morgan fingerprint density at radius 1 is 0.545 bits per heavy atom. The van der Waals surface area contributed by atoms with Gasteiger partial charge in [0.2, 0.25) is 0 Å². The van der Waals surface area contributed by atoms with E-state index < -0.39 is 0 Å². The van der Waals surface area contributed by atoms with Crippen molar-refractivity contribution in [2.75, 3.05) is 0 Å². The minimum absolute atomic E-state index is 0.324. The average Bonchev–Trinajstić information content (AvgIpc) is 2.31. The van der Waals surface area contributed by atoms with E-state index in [0.29, 0.717) is 11.8 Å². The largest absolute Gasteiger partial charge is 0.144 e. The van der Waals surface area contributed by atoms with Gasteiger partial charge in [-0.15, -0.1) is 20.5 Å². The molecule has 2 rings (SSSR count). The van der Waals surface area contributed by atoms with E-state index in [1.54, 1.807) is 0 Å². The molecule has 0 aromatic heterocycles. The summed E-state index contributed by atoms with van der Waals surface area (Å²) in [6.07, 6.45) is 3.70. The van der Waals surface area contributed by atoms with Crippen LogP contribution in [-0.2, 0) is 10.4 Å². The van der Waals surface area contributed by atoms with Crippen molar-refractivity contribution in [3.05, 3.63) is 0 Å². The van der Waals surface area contributed by atoms with Crippen molar-refractivity contribution in [3.8, 4) is 0 Å². The molecule has 0 saturated carbocycles. The highest BCUT2D eigenvalue weighted by atomic mass is 16.5. The Balaban J connectivity index is 2.25. The zero-order valence-electron chi connectivity index (χ0n) is 15.7. The van der Waals surface area contributed by atoms with Crippen molar-refractivity contribution < 1.29 is 10.4 Å². The van der Waals surface area contributed by atoms with Crippen LogP contribution >= 0.6 is 0 Å². The van der Waals surface area contributed by atoms with Gasteiger partial charge in [-0.05, 0) is 92.9 Å². The Morgan fingerprint density at radius 3 is 0.909 bits per heavy atom. The molecule has 0 atom stereocenters. The summed E-state index contributed by atoms with van der Waals surface area (Å²) in [5.74, 6) is 1.03. The summed E-state index contributed by atoms with van der Waals surface area (Å²) in [7, 11) is 0. The maximum absolute atomic E-state index is 12.6. The van der Waals surface area contributed by atoms with E-state index in [9.17, 15) is 10.4 Å². The number of hydrogen-bond acceptors (Lipinski definition) is 2. The summed E-state index contributed by atoms with van der Waals surface area (Å²) in [6.45, 7) is 16.5. The lowest BCUT2D eigenvalue weighted by Crippen LogP contribution is -2.62. The van der Waals surface area contributed by atoms with Gasteiger partial charge >= 0.3 is 0 Å². The summed E-state index contributed by atoms with van der Waals surface area (Å²) in [4.78, 5) is 0. The molecule has 2 aliphatic heterocycles. The summed E-state index contributed by atoms with van der Waals surface area (Å²) in [6, 6.07) is 0. The van der Waals surface area contributed by atoms with Crippen molar-refractivity contribution in [3.63, 3.8) is 0 Å². The fraction of sp³-hybridized carbons (Fsp3) is 1.00. The molecule has 2 aliphatic rings. The zero-order chi connectivity index (χ0) is 17.1. The van der Waals surface area contributed by atoms with Crippen molar-refractivity contribution in [1.82, 2.24) is 10.1 Å². The third-order valence-electron chi connectivity index (χ3n) is 5.91. The molecule has 22 heavy (non-hydrogen) atoms. The van der Waals surface area contributed by atoms with Crippen LogP contribution in [0.1, 0.15) is 81.1 Å². The molecule has 0 aromatic rings. The van der Waals surface area contributed by atoms with Crippen molar-refractivity contribution in [2.45, 2.75) is 103 Å². The van der Waals surface area contributed by atoms with Gasteiger partial charge in [0.15, 0.2) is 0 Å². The smallest absolute Gasteiger partial charge is 0.0446 e. The first kappa shape index (κ1) is 18.2. The number of hydroxylamine groups is 4. The molecule has 0 unspecified atom stereocenters. The first-order valence-electron chi connectivity index (χ1n) is 8.64. The predicted octanol–water partition coefficient (Wildman–Crippen LogP) is 4.22. The third kappa shape index (κ3) is 3.08. The van der Waals surface area contributed by atoms with Gasteiger partial charge in [-0.3, -0.25) is 0 Å². The summed E-state index contributed by atoms with van der Waals surface area (Å²) in [5, 5.41) is 27.7. The van der Waals surface area contributed by atoms with Crippen LogP contribution < -0.4 is 0 Å². The van der Waals surface area contributed by atoms with Gasteiger partial charge in [-0.2, -0.15) is 0 Å². The van der Waals surface area contributed by atoms with Crippen LogP contribution in [0.15, 0.2) is 0 Å². The fourth-order valence-electron chi connectivity index (χ4n) is 5.35. The lowest BCUT2D eigenvalue weighted by Gasteiger charge is -2.56. The predicted molar refractivity (Wildman–Crippen MR) is 86.8 cm³/mol. The molecule has 0 aromatic carbocycles. The highest BCUT2D eigenvalue weighted by Gasteiger charge is 2.53. The van der Waals surface area contributed by atoms with E-state index in [2.05, 4.69) is 55.4 Å². The molecule has 2 fully saturated rings. The Bertz CT molecular complexity index is 353. The molecule has 0 amide bonds. The van der Waals surface area contributed by atoms with Crippen LogP contribution in [0.25, 0.3) is 0 Å². The van der Waals surface area contributed by atoms with Gasteiger partial charge in [0, 0.05) is 22.2 Å². The van der Waals surface area contributed by atoms with E-state index in [1.165, 1.54) is 10.1 Å². The minimum atomic E-state index is -0.324. The molecule has 128 valence electrons. The standard InChI is InChI=1S/C18H34N2O2/c1-15(2)9-13(10-16(3,4)19(15)21)14-11-17(5,6)20(22)18(7,8)12-14/h13-14H,9-12H2,1-8H3. The monoisotopic (exact) mass is 310 g/mol. The highest BCUT2D eigenvalue weighted by molar-refractivity contribution is 5.03. The zero-order valence-corrected chi connectivity index (χ0v) is 15.7. The molecule has 2 saturated heterocycles. The lowest BCUT2D eigenvalue weighted by molar-refractivity contribution is -0.312. The van der Waals surface area contributed by atoms with E-state index in [1.807, 2.05) is 0 Å². The quantitative estimate of drug-likeness (QED) is 0.728. The van der Waals surface area contributed by atoms with E-state index in [-0.39, 0.29) is 22.2 Å². The number of nitrogens with zero attached hydrogens (tertiary/aromatic N) is 2. The third-order valence-corrected chi connectivity index (χ3v) is 5.91. The van der Waals surface area contributed by atoms with Gasteiger partial charge in [-0.1, -0.05) is 0 Å². The van der Waals surface area contributed by atoms with Gasteiger partial charge < -0.3 is 0 Å². The van der Waals surface area contributed by atoms with Gasteiger partial charge in [0.1, 0.15) is 0 Å². The Morgan fingerprint density at radius 2 is 0.727 bits per heavy atom. The first-order valence-corrected chi connectivity index (χ1v) is 8.64. The maximum atomic E-state index is 12.6. The van der Waals surface area contributed by atoms with E-state index >= 15 is 0 Å². The normalized spacial score (nSPS) is 33.0. The molecule has 2 radical (unpaired) electrons. The molecule has 2 heterocycles. The average molecular weight is 310 g/mol. The van der Waals surface area contributed by atoms with E-state index in [0.717, 1.165) is 25.7 Å². The summed E-state index contributed by atoms with van der Waals surface area (Å²) < 4.78 is 0. The van der Waals surface area contributed by atoms with Crippen molar-refractivity contribution in [1.29, 1.82) is 0 Å². The van der Waals surface area contributed by atoms with Gasteiger partial charge in [-0.25, -0.2) is 0 Å². The second-order valence-corrected chi connectivity index (χ2v) is 10.2. The Hall–Kier alpha value is -0.160. The molecular weight excluding hydrogens is 276 g/mol. The molecule has 0 spiro atoms. The number of rotatable bonds is 1. The first-order chi connectivity index (χ1) is 9.69. The molecule has 0 aliphatic carbocycles. The van der Waals surface area contributed by atoms with Crippen LogP contribution in [0.3, 0.4) is 0 Å². The second kappa shape index (κ2) is 5.17. The van der Waals surface area contributed by atoms with Crippen LogP contribution in [0.5, 0.6) is 0 Å². The second-order valence-electron chi connectivity index (χ2n) is 10.2. The molecule has 0 bridgehead atoms. The summed E-state index contributed by atoms with van der Waals surface area (Å²) in [5.41, 5.74) is -1.30. The highest BCUT2D eigenvalue weighted by Crippen LogP contribution is 2.50.